The van der Waals surface area contributed by atoms with E-state index in [9.17, 15) is 14.4 Å². The normalized spacial score (nSPS) is 15.8. The summed E-state index contributed by atoms with van der Waals surface area (Å²) in [4.78, 5) is 45.2. The number of hydrogen-bond donors (Lipinski definition) is 1. The number of carbonyl (C=O) groups excluding carboxylic acids is 2. The van der Waals surface area contributed by atoms with Gasteiger partial charge in [-0.15, -0.1) is 0 Å². The van der Waals surface area contributed by atoms with E-state index in [1.807, 2.05) is 54.6 Å². The summed E-state index contributed by atoms with van der Waals surface area (Å²) in [7, 11) is 0. The highest BCUT2D eigenvalue weighted by atomic mass is 79.9. The van der Waals surface area contributed by atoms with Gasteiger partial charge >= 0.3 is 5.69 Å². The van der Waals surface area contributed by atoms with Crippen LogP contribution < -0.4 is 15.9 Å². The summed E-state index contributed by atoms with van der Waals surface area (Å²) in [5.41, 5.74) is 3.78. The lowest BCUT2D eigenvalue weighted by Gasteiger charge is -2.28. The molecule has 0 radical (unpaired) electrons. The van der Waals surface area contributed by atoms with Crippen molar-refractivity contribution >= 4 is 45.0 Å². The molecule has 3 aromatic carbocycles. The third kappa shape index (κ3) is 5.88. The van der Waals surface area contributed by atoms with Crippen LogP contribution in [0.15, 0.2) is 82.1 Å². The number of rotatable bonds is 6. The van der Waals surface area contributed by atoms with E-state index < -0.39 is 0 Å². The van der Waals surface area contributed by atoms with Crippen molar-refractivity contribution in [3.63, 3.8) is 0 Å². The van der Waals surface area contributed by atoms with Crippen LogP contribution in [0.3, 0.4) is 0 Å². The first kappa shape index (κ1) is 29.3. The third-order valence-corrected chi connectivity index (χ3v) is 9.53. The molecule has 2 aliphatic rings. The van der Waals surface area contributed by atoms with Gasteiger partial charge in [0.2, 0.25) is 0 Å². The summed E-state index contributed by atoms with van der Waals surface area (Å²) in [5, 5.41) is 3.43. The monoisotopic (exact) mass is 661 g/mol. The fraction of sp³-hybridized carbons (Fsp3) is 0.303. The fourth-order valence-electron chi connectivity index (χ4n) is 5.92. The van der Waals surface area contributed by atoms with Crippen LogP contribution in [-0.4, -0.2) is 45.5 Å². The average Bonchev–Trinajstić information content (AvgIpc) is 3.53. The Morgan fingerprint density at radius 3 is 2.35 bits per heavy atom. The minimum absolute atomic E-state index is 0.115. The number of amides is 2. The number of benzene rings is 3. The SMILES string of the molecule is CC1(C)CCN(c2ccc(-n3c(C(=O)NCc4ccccc4)c4n(c3=O)CCN(C(=O)c3ccc(Br)c(Cl)c3)C4)cc2)C1. The van der Waals surface area contributed by atoms with E-state index in [4.69, 9.17) is 11.6 Å². The van der Waals surface area contributed by atoms with Crippen LogP contribution in [0.4, 0.5) is 5.69 Å². The Morgan fingerprint density at radius 1 is 0.953 bits per heavy atom. The highest BCUT2D eigenvalue weighted by Crippen LogP contribution is 2.33. The molecule has 8 nitrogen and oxygen atoms in total. The summed E-state index contributed by atoms with van der Waals surface area (Å²) in [6.07, 6.45) is 1.12. The minimum atomic E-state index is -0.374. The Labute approximate surface area is 264 Å². The van der Waals surface area contributed by atoms with Crippen LogP contribution >= 0.6 is 27.5 Å². The Hall–Kier alpha value is -3.82. The number of carbonyl (C=O) groups is 2. The molecule has 10 heteroatoms. The van der Waals surface area contributed by atoms with E-state index in [-0.39, 0.29) is 41.7 Å². The number of nitrogens with zero attached hydrogens (tertiary/aromatic N) is 4. The second-order valence-electron chi connectivity index (χ2n) is 11.9. The number of nitrogens with one attached hydrogen (secondary N) is 1. The molecule has 2 amide bonds. The molecule has 6 rings (SSSR count). The van der Waals surface area contributed by atoms with E-state index in [1.54, 1.807) is 27.7 Å². The van der Waals surface area contributed by atoms with Gasteiger partial charge in [-0.1, -0.05) is 55.8 Å². The van der Waals surface area contributed by atoms with Crippen molar-refractivity contribution < 1.29 is 9.59 Å². The van der Waals surface area contributed by atoms with Gasteiger partial charge in [-0.2, -0.15) is 0 Å². The standard InChI is InChI=1S/C33H33BrClN5O3/c1-33(2)14-15-38(21-33)24-9-11-25(12-10-24)40-29(30(41)36-19-22-6-4-3-5-7-22)28-20-37(16-17-39(28)32(40)43)31(42)23-8-13-26(34)27(35)18-23/h3-13,18H,14-17,19-21H2,1-2H3,(H,36,41). The number of halogens is 2. The topological polar surface area (TPSA) is 79.6 Å². The zero-order chi connectivity index (χ0) is 30.3. The minimum Gasteiger partial charge on any atom is -0.371 e. The molecular weight excluding hydrogens is 630 g/mol. The van der Waals surface area contributed by atoms with Crippen molar-refractivity contribution in [2.75, 3.05) is 24.5 Å². The van der Waals surface area contributed by atoms with Gasteiger partial charge in [-0.05, 0) is 75.8 Å². The van der Waals surface area contributed by atoms with Crippen molar-refractivity contribution in [2.24, 2.45) is 5.41 Å². The number of anilines is 1. The summed E-state index contributed by atoms with van der Waals surface area (Å²) in [6.45, 7) is 7.51. The highest BCUT2D eigenvalue weighted by Gasteiger charge is 2.33. The lowest BCUT2D eigenvalue weighted by molar-refractivity contribution is 0.0706. The number of imidazole rings is 1. The molecule has 1 N–H and O–H groups in total. The van der Waals surface area contributed by atoms with E-state index in [0.29, 0.717) is 39.5 Å². The van der Waals surface area contributed by atoms with Gasteiger partial charge in [0, 0.05) is 48.4 Å². The smallest absolute Gasteiger partial charge is 0.333 e. The maximum Gasteiger partial charge on any atom is 0.333 e. The first-order valence-electron chi connectivity index (χ1n) is 14.4. The zero-order valence-electron chi connectivity index (χ0n) is 24.1. The average molecular weight is 663 g/mol. The summed E-state index contributed by atoms with van der Waals surface area (Å²) in [5.74, 6) is -0.588. The molecular formula is C33H33BrClN5O3. The van der Waals surface area contributed by atoms with Gasteiger partial charge in [0.15, 0.2) is 0 Å². The predicted molar refractivity (Wildman–Crippen MR) is 172 cm³/mol. The van der Waals surface area contributed by atoms with Crippen LogP contribution in [0.25, 0.3) is 5.69 Å². The maximum atomic E-state index is 13.9. The second kappa shape index (κ2) is 11.7. The molecule has 2 aliphatic heterocycles. The lowest BCUT2D eigenvalue weighted by atomic mass is 9.93. The molecule has 0 aliphatic carbocycles. The Kier molecular flexibility index (Phi) is 7.96. The van der Waals surface area contributed by atoms with Crippen LogP contribution in [-0.2, 0) is 19.6 Å². The number of aromatic nitrogens is 2. The van der Waals surface area contributed by atoms with E-state index in [0.717, 1.165) is 30.8 Å². The van der Waals surface area contributed by atoms with Gasteiger partial charge in [0.1, 0.15) is 5.69 Å². The Bertz CT molecular complexity index is 1750. The van der Waals surface area contributed by atoms with Crippen molar-refractivity contribution in [3.8, 4) is 5.69 Å². The molecule has 0 spiro atoms. The summed E-state index contributed by atoms with van der Waals surface area (Å²) >= 11 is 9.64. The predicted octanol–water partition coefficient (Wildman–Crippen LogP) is 5.88. The van der Waals surface area contributed by atoms with Crippen LogP contribution in [0.1, 0.15) is 52.4 Å². The first-order valence-corrected chi connectivity index (χ1v) is 15.5. The van der Waals surface area contributed by atoms with Crippen LogP contribution in [0.5, 0.6) is 0 Å². The van der Waals surface area contributed by atoms with Crippen LogP contribution in [0.2, 0.25) is 5.02 Å². The molecule has 43 heavy (non-hydrogen) atoms. The third-order valence-electron chi connectivity index (χ3n) is 8.29. The molecule has 0 unspecified atom stereocenters. The number of fused-ring (bicyclic) bond motifs is 1. The largest absolute Gasteiger partial charge is 0.371 e. The summed E-state index contributed by atoms with van der Waals surface area (Å²) < 4.78 is 3.80. The van der Waals surface area contributed by atoms with Crippen molar-refractivity contribution in [1.82, 2.24) is 19.4 Å². The molecule has 0 saturated carbocycles. The molecule has 1 aromatic heterocycles. The fourth-order valence-corrected chi connectivity index (χ4v) is 6.35. The Morgan fingerprint density at radius 2 is 1.67 bits per heavy atom. The van der Waals surface area contributed by atoms with Crippen molar-refractivity contribution in [1.29, 1.82) is 0 Å². The van der Waals surface area contributed by atoms with Gasteiger partial charge in [-0.25, -0.2) is 4.79 Å². The Balaban J connectivity index is 1.36. The molecule has 3 heterocycles. The van der Waals surface area contributed by atoms with Gasteiger partial charge in [-0.3, -0.25) is 18.7 Å². The first-order chi connectivity index (χ1) is 20.6. The molecule has 1 fully saturated rings. The van der Waals surface area contributed by atoms with Crippen molar-refractivity contribution in [3.05, 3.63) is 115 Å². The molecule has 0 atom stereocenters. The lowest BCUT2D eigenvalue weighted by Crippen LogP contribution is -2.41. The molecule has 0 bridgehead atoms. The molecule has 1 saturated heterocycles. The van der Waals surface area contributed by atoms with Crippen molar-refractivity contribution in [2.45, 2.75) is 39.9 Å². The van der Waals surface area contributed by atoms with Gasteiger partial charge < -0.3 is 15.1 Å². The van der Waals surface area contributed by atoms with Crippen LogP contribution in [0, 0.1) is 5.41 Å². The van der Waals surface area contributed by atoms with Gasteiger partial charge in [0.05, 0.1) is 22.9 Å². The summed E-state index contributed by atoms with van der Waals surface area (Å²) in [6, 6.07) is 22.5. The van der Waals surface area contributed by atoms with Gasteiger partial charge in [0.25, 0.3) is 11.8 Å². The maximum absolute atomic E-state index is 13.9. The highest BCUT2D eigenvalue weighted by molar-refractivity contribution is 9.10. The quantitative estimate of drug-likeness (QED) is 0.280. The zero-order valence-corrected chi connectivity index (χ0v) is 26.5. The van der Waals surface area contributed by atoms with E-state index in [1.165, 1.54) is 4.57 Å². The number of hydrogen-bond acceptors (Lipinski definition) is 4. The van der Waals surface area contributed by atoms with E-state index >= 15 is 0 Å². The second-order valence-corrected chi connectivity index (χ2v) is 13.2. The molecule has 222 valence electrons. The molecule has 4 aromatic rings. The van der Waals surface area contributed by atoms with E-state index in [2.05, 4.69) is 40.0 Å².